The zero-order valence-corrected chi connectivity index (χ0v) is 15.8. The molecule has 1 aromatic heterocycles. The molecule has 6 nitrogen and oxygen atoms in total. The first-order chi connectivity index (χ1) is 11.7. The van der Waals surface area contributed by atoms with Crippen LogP contribution in [0.2, 0.25) is 0 Å². The van der Waals surface area contributed by atoms with Crippen LogP contribution >= 0.6 is 11.3 Å². The van der Waals surface area contributed by atoms with E-state index in [9.17, 15) is 8.42 Å². The first-order valence-electron chi connectivity index (χ1n) is 7.60. The highest BCUT2D eigenvalue weighted by Gasteiger charge is 2.42. The van der Waals surface area contributed by atoms with Gasteiger partial charge in [0.1, 0.15) is 5.54 Å². The van der Waals surface area contributed by atoms with Gasteiger partial charge in [-0.05, 0) is 43.2 Å². The van der Waals surface area contributed by atoms with E-state index < -0.39 is 15.6 Å². The molecule has 0 fully saturated rings. The molecule has 2 heterocycles. The minimum atomic E-state index is -3.51. The van der Waals surface area contributed by atoms with Crippen LogP contribution in [0, 0.1) is 18.3 Å². The highest BCUT2D eigenvalue weighted by Crippen LogP contribution is 2.41. The molecule has 8 heteroatoms. The van der Waals surface area contributed by atoms with E-state index in [2.05, 4.69) is 11.1 Å². The number of nitrogens with zero attached hydrogens (tertiary/aromatic N) is 3. The lowest BCUT2D eigenvalue weighted by atomic mass is 10.00. The molecule has 0 amide bonds. The largest absolute Gasteiger partial charge is 0.369 e. The van der Waals surface area contributed by atoms with Crippen molar-refractivity contribution >= 4 is 27.3 Å². The third-order valence-corrected chi connectivity index (χ3v) is 7.74. The molecular weight excluding hydrogens is 356 g/mol. The third kappa shape index (κ3) is 3.01. The first kappa shape index (κ1) is 17.5. The number of nitrogens with two attached hydrogens (primary N) is 1. The summed E-state index contributed by atoms with van der Waals surface area (Å²) in [6.45, 7) is 3.73. The molecule has 0 saturated carbocycles. The van der Waals surface area contributed by atoms with Gasteiger partial charge in [0.2, 0.25) is 16.0 Å². The lowest BCUT2D eigenvalue weighted by Crippen LogP contribution is -2.50. The summed E-state index contributed by atoms with van der Waals surface area (Å²) in [7, 11) is -2.10. The highest BCUT2D eigenvalue weighted by atomic mass is 32.2. The molecule has 2 N–H and O–H groups in total. The van der Waals surface area contributed by atoms with Crippen LogP contribution in [-0.4, -0.2) is 31.5 Å². The topological polar surface area (TPSA) is 99.5 Å². The quantitative estimate of drug-likeness (QED) is 0.872. The third-order valence-electron chi connectivity index (χ3n) is 4.25. The molecule has 0 spiro atoms. The number of thiophene rings is 1. The molecule has 0 aliphatic carbocycles. The summed E-state index contributed by atoms with van der Waals surface area (Å²) in [5.74, 6) is -0.134. The number of hydrogen-bond acceptors (Lipinski definition) is 6. The summed E-state index contributed by atoms with van der Waals surface area (Å²) in [6.07, 6.45) is 0. The van der Waals surface area contributed by atoms with Crippen LogP contribution < -0.4 is 5.73 Å². The minimum absolute atomic E-state index is 0.00502. The SMILES string of the molecule is Cc1cc(-c2cccc(C#N)c2)sc1[C@]1(C)CS(=O)(=O)N(C)C(N)=N1. The fraction of sp³-hybridized carbons (Fsp3) is 0.294. The van der Waals surface area contributed by atoms with E-state index in [1.54, 1.807) is 13.0 Å². The number of hydrogen-bond donors (Lipinski definition) is 1. The molecule has 1 atom stereocenters. The van der Waals surface area contributed by atoms with Crippen LogP contribution in [0.15, 0.2) is 35.3 Å². The van der Waals surface area contributed by atoms with Crippen molar-refractivity contribution in [2.24, 2.45) is 10.7 Å². The Morgan fingerprint density at radius 1 is 1.40 bits per heavy atom. The first-order valence-corrected chi connectivity index (χ1v) is 10.0. The van der Waals surface area contributed by atoms with Crippen LogP contribution in [-0.2, 0) is 15.6 Å². The van der Waals surface area contributed by atoms with Gasteiger partial charge in [-0.1, -0.05) is 12.1 Å². The average molecular weight is 374 g/mol. The Balaban J connectivity index is 2.11. The number of benzene rings is 1. The molecule has 2 aromatic rings. The van der Waals surface area contributed by atoms with Gasteiger partial charge in [0, 0.05) is 16.8 Å². The summed E-state index contributed by atoms with van der Waals surface area (Å²) in [6, 6.07) is 11.5. The standard InChI is InChI=1S/C17H18N4O2S2/c1-11-7-14(13-6-4-5-12(8-13)9-18)24-15(11)17(2)10-25(22,23)21(3)16(19)20-17/h4-8H,10H2,1-3H3,(H2,19,20)/t17-/m0/s1. The van der Waals surface area contributed by atoms with Crippen molar-refractivity contribution < 1.29 is 8.42 Å². The zero-order chi connectivity index (χ0) is 18.4. The molecule has 0 saturated heterocycles. The van der Waals surface area contributed by atoms with Gasteiger partial charge in [-0.2, -0.15) is 5.26 Å². The lowest BCUT2D eigenvalue weighted by molar-refractivity contribution is 0.481. The number of aliphatic imine (C=N–C) groups is 1. The zero-order valence-electron chi connectivity index (χ0n) is 14.1. The van der Waals surface area contributed by atoms with E-state index in [1.807, 2.05) is 31.2 Å². The van der Waals surface area contributed by atoms with Crippen molar-refractivity contribution in [1.82, 2.24) is 4.31 Å². The Hall–Kier alpha value is -2.37. The highest BCUT2D eigenvalue weighted by molar-refractivity contribution is 7.89. The number of rotatable bonds is 2. The fourth-order valence-electron chi connectivity index (χ4n) is 2.97. The maximum Gasteiger partial charge on any atom is 0.239 e. The maximum absolute atomic E-state index is 12.4. The molecule has 25 heavy (non-hydrogen) atoms. The number of aryl methyl sites for hydroxylation is 1. The van der Waals surface area contributed by atoms with Crippen molar-refractivity contribution in [3.63, 3.8) is 0 Å². The molecule has 3 rings (SSSR count). The maximum atomic E-state index is 12.4. The molecular formula is C17H18N4O2S2. The van der Waals surface area contributed by atoms with Crippen LogP contribution in [0.25, 0.3) is 10.4 Å². The van der Waals surface area contributed by atoms with Crippen LogP contribution in [0.3, 0.4) is 0 Å². The molecule has 0 unspecified atom stereocenters. The lowest BCUT2D eigenvalue weighted by Gasteiger charge is -2.34. The summed E-state index contributed by atoms with van der Waals surface area (Å²) in [5.41, 5.74) is 7.39. The number of guanidine groups is 1. The van der Waals surface area contributed by atoms with Crippen LogP contribution in [0.4, 0.5) is 0 Å². The van der Waals surface area contributed by atoms with Gasteiger partial charge in [0.15, 0.2) is 0 Å². The summed E-state index contributed by atoms with van der Waals surface area (Å²) in [5, 5.41) is 9.08. The van der Waals surface area contributed by atoms with E-state index in [-0.39, 0.29) is 11.7 Å². The smallest absolute Gasteiger partial charge is 0.239 e. The van der Waals surface area contributed by atoms with Crippen molar-refractivity contribution in [3.8, 4) is 16.5 Å². The van der Waals surface area contributed by atoms with Crippen molar-refractivity contribution in [2.45, 2.75) is 19.4 Å². The molecule has 130 valence electrons. The van der Waals surface area contributed by atoms with Crippen molar-refractivity contribution in [1.29, 1.82) is 5.26 Å². The van der Waals surface area contributed by atoms with Gasteiger partial charge in [0.25, 0.3) is 0 Å². The van der Waals surface area contributed by atoms with E-state index in [0.29, 0.717) is 5.56 Å². The fourth-order valence-corrected chi connectivity index (χ4v) is 5.76. The molecule has 0 radical (unpaired) electrons. The Bertz CT molecular complexity index is 1020. The Morgan fingerprint density at radius 2 is 2.12 bits per heavy atom. The van der Waals surface area contributed by atoms with Gasteiger partial charge in [-0.15, -0.1) is 11.3 Å². The second kappa shape index (κ2) is 5.86. The number of sulfonamides is 1. The Labute approximate surface area is 151 Å². The van der Waals surface area contributed by atoms with E-state index in [0.717, 1.165) is 25.2 Å². The van der Waals surface area contributed by atoms with E-state index in [4.69, 9.17) is 11.0 Å². The molecule has 1 aliphatic rings. The average Bonchev–Trinajstić information content (AvgIpc) is 2.95. The van der Waals surface area contributed by atoms with Gasteiger partial charge < -0.3 is 5.73 Å². The summed E-state index contributed by atoms with van der Waals surface area (Å²) < 4.78 is 25.8. The Morgan fingerprint density at radius 3 is 2.76 bits per heavy atom. The summed E-state index contributed by atoms with van der Waals surface area (Å²) in [4.78, 5) is 6.30. The predicted octanol–water partition coefficient (Wildman–Crippen LogP) is 2.40. The monoisotopic (exact) mass is 374 g/mol. The van der Waals surface area contributed by atoms with Gasteiger partial charge in [-0.25, -0.2) is 17.7 Å². The second-order valence-electron chi connectivity index (χ2n) is 6.28. The van der Waals surface area contributed by atoms with Crippen molar-refractivity contribution in [2.75, 3.05) is 12.8 Å². The van der Waals surface area contributed by atoms with Crippen LogP contribution in [0.1, 0.15) is 22.9 Å². The second-order valence-corrected chi connectivity index (χ2v) is 9.34. The molecule has 1 aromatic carbocycles. The predicted molar refractivity (Wildman–Crippen MR) is 99.7 cm³/mol. The minimum Gasteiger partial charge on any atom is -0.369 e. The molecule has 1 aliphatic heterocycles. The number of nitriles is 1. The van der Waals surface area contributed by atoms with Gasteiger partial charge in [-0.3, -0.25) is 0 Å². The normalized spacial score (nSPS) is 22.3. The van der Waals surface area contributed by atoms with E-state index >= 15 is 0 Å². The molecule has 0 bridgehead atoms. The van der Waals surface area contributed by atoms with Crippen LogP contribution in [0.5, 0.6) is 0 Å². The van der Waals surface area contributed by atoms with Crippen molar-refractivity contribution in [3.05, 3.63) is 46.3 Å². The summed E-state index contributed by atoms with van der Waals surface area (Å²) >= 11 is 1.49. The van der Waals surface area contributed by atoms with Gasteiger partial charge in [0.05, 0.1) is 17.4 Å². The van der Waals surface area contributed by atoms with Gasteiger partial charge >= 0.3 is 0 Å². The Kier molecular flexibility index (Phi) is 4.09. The van der Waals surface area contributed by atoms with E-state index in [1.165, 1.54) is 18.4 Å².